The van der Waals surface area contributed by atoms with Crippen molar-refractivity contribution in [3.05, 3.63) is 24.3 Å². The van der Waals surface area contributed by atoms with Gasteiger partial charge in [-0.2, -0.15) is 0 Å². The molecular weight excluding hydrogens is 464 g/mol. The second-order valence-electron chi connectivity index (χ2n) is 8.63. The Kier molecular flexibility index (Phi) is 28.2. The maximum Gasteiger partial charge on any atom is 0.331 e. The van der Waals surface area contributed by atoms with Gasteiger partial charge in [0, 0.05) is 24.3 Å². The second-order valence-corrected chi connectivity index (χ2v) is 8.63. The maximum atomic E-state index is 11.0. The van der Waals surface area contributed by atoms with Crippen LogP contribution in [0, 0.1) is 0 Å². The maximum absolute atomic E-state index is 11.0. The first kappa shape index (κ1) is 35.5. The van der Waals surface area contributed by atoms with E-state index in [-0.39, 0.29) is 0 Å². The van der Waals surface area contributed by atoms with E-state index in [1.165, 1.54) is 77.0 Å². The van der Waals surface area contributed by atoms with Gasteiger partial charge in [-0.3, -0.25) is 0 Å². The van der Waals surface area contributed by atoms with Crippen LogP contribution in [0.15, 0.2) is 24.3 Å². The summed E-state index contributed by atoms with van der Waals surface area (Å²) in [5.41, 5.74) is 0. The largest absolute Gasteiger partial charge is 0.478 e. The van der Waals surface area contributed by atoms with Crippen molar-refractivity contribution in [1.29, 1.82) is 0 Å². The molecule has 8 nitrogen and oxygen atoms in total. The number of aliphatic carboxylic acids is 2. The molecule has 0 saturated heterocycles. The minimum absolute atomic E-state index is 0.372. The Hall–Kier alpha value is -2.64. The lowest BCUT2D eigenvalue weighted by Gasteiger charge is -2.02. The van der Waals surface area contributed by atoms with Crippen LogP contribution in [0.4, 0.5) is 0 Å². The first-order valence-electron chi connectivity index (χ1n) is 13.5. The first-order chi connectivity index (χ1) is 17.3. The molecule has 0 aliphatic rings. The summed E-state index contributed by atoms with van der Waals surface area (Å²) in [6.45, 7) is 5.15. The summed E-state index contributed by atoms with van der Waals surface area (Å²) < 4.78 is 9.69. The van der Waals surface area contributed by atoms with Crippen LogP contribution in [0.1, 0.15) is 117 Å². The van der Waals surface area contributed by atoms with Crippen LogP contribution >= 0.6 is 0 Å². The quantitative estimate of drug-likeness (QED) is 0.0940. The number of hydrogen-bond donors (Lipinski definition) is 2. The number of hydrogen-bond acceptors (Lipinski definition) is 6. The molecule has 0 aromatic rings. The highest BCUT2D eigenvalue weighted by Gasteiger charge is 1.99. The second kappa shape index (κ2) is 28.6. The van der Waals surface area contributed by atoms with Gasteiger partial charge in [0.2, 0.25) is 0 Å². The highest BCUT2D eigenvalue weighted by Crippen LogP contribution is 2.09. The minimum atomic E-state index is -1.14. The van der Waals surface area contributed by atoms with Gasteiger partial charge in [0.05, 0.1) is 13.2 Å². The van der Waals surface area contributed by atoms with Crippen molar-refractivity contribution >= 4 is 23.9 Å². The van der Waals surface area contributed by atoms with Crippen molar-refractivity contribution in [3.8, 4) is 0 Å². The Morgan fingerprint density at radius 2 is 0.750 bits per heavy atom. The number of carboxylic acids is 2. The van der Waals surface area contributed by atoms with E-state index in [1.54, 1.807) is 0 Å². The van der Waals surface area contributed by atoms with Crippen molar-refractivity contribution < 1.29 is 38.9 Å². The van der Waals surface area contributed by atoms with E-state index in [4.69, 9.17) is 19.7 Å². The highest BCUT2D eigenvalue weighted by molar-refractivity contribution is 5.91. The normalized spacial score (nSPS) is 10.7. The molecule has 0 radical (unpaired) electrons. The van der Waals surface area contributed by atoms with Crippen LogP contribution in [0.3, 0.4) is 0 Å². The molecule has 0 heterocycles. The number of carbonyl (C=O) groups is 4. The van der Waals surface area contributed by atoms with Gasteiger partial charge >= 0.3 is 23.9 Å². The molecule has 2 N–H and O–H groups in total. The first-order valence-corrected chi connectivity index (χ1v) is 13.5. The molecule has 0 bridgehead atoms. The van der Waals surface area contributed by atoms with Crippen LogP contribution in [0.2, 0.25) is 0 Å². The summed E-state index contributed by atoms with van der Waals surface area (Å²) in [5, 5.41) is 16.6. The SMILES string of the molecule is CCCCCCCCCCCOC(=O)C=CC(=O)O.CCCCCCCCCOC(=O)C=CC(=O)O. The number of esters is 2. The molecular formula is C28H48O8. The smallest absolute Gasteiger partial charge is 0.331 e. The predicted octanol–water partition coefficient (Wildman–Crippen LogP) is 6.62. The third kappa shape index (κ3) is 33.5. The molecule has 8 heteroatoms. The fourth-order valence-electron chi connectivity index (χ4n) is 3.19. The number of carboxylic acid groups (broad SMARTS) is 2. The van der Waals surface area contributed by atoms with Crippen LogP contribution in [-0.4, -0.2) is 47.3 Å². The predicted molar refractivity (Wildman–Crippen MR) is 141 cm³/mol. The third-order valence-corrected chi connectivity index (χ3v) is 5.21. The Balaban J connectivity index is 0. The number of rotatable bonds is 22. The van der Waals surface area contributed by atoms with E-state index in [0.717, 1.165) is 50.0 Å². The summed E-state index contributed by atoms with van der Waals surface area (Å²) in [5.74, 6) is -3.45. The standard InChI is InChI=1S/C15H26O4.C13H22O4/c1-2-3-4-5-6-7-8-9-10-13-19-15(18)12-11-14(16)17;1-2-3-4-5-6-7-8-11-17-13(16)10-9-12(14)15/h11-12H,2-10,13H2,1H3,(H,16,17);9-10H,2-8,11H2,1H3,(H,14,15). The fourth-order valence-corrected chi connectivity index (χ4v) is 3.19. The van der Waals surface area contributed by atoms with Gasteiger partial charge in [0.1, 0.15) is 0 Å². The van der Waals surface area contributed by atoms with Gasteiger partial charge in [0.15, 0.2) is 0 Å². The summed E-state index contributed by atoms with van der Waals surface area (Å²) in [7, 11) is 0. The average molecular weight is 513 g/mol. The number of carbonyl (C=O) groups excluding carboxylic acids is 2. The Morgan fingerprint density at radius 1 is 0.472 bits per heavy atom. The van der Waals surface area contributed by atoms with Crippen molar-refractivity contribution in [2.75, 3.05) is 13.2 Å². The molecule has 0 amide bonds. The van der Waals surface area contributed by atoms with E-state index in [2.05, 4.69) is 13.8 Å². The van der Waals surface area contributed by atoms with Gasteiger partial charge in [-0.25, -0.2) is 19.2 Å². The summed E-state index contributed by atoms with van der Waals surface area (Å²) in [4.78, 5) is 42.2. The molecule has 0 spiro atoms. The van der Waals surface area contributed by atoms with E-state index in [1.807, 2.05) is 0 Å². The Bertz CT molecular complexity index is 625. The molecule has 0 saturated carbocycles. The summed E-state index contributed by atoms with van der Waals surface area (Å²) in [6.07, 6.45) is 22.5. The lowest BCUT2D eigenvalue weighted by Crippen LogP contribution is -2.03. The summed E-state index contributed by atoms with van der Waals surface area (Å²) >= 11 is 0. The van der Waals surface area contributed by atoms with E-state index < -0.39 is 23.9 Å². The van der Waals surface area contributed by atoms with Crippen LogP contribution in [-0.2, 0) is 28.7 Å². The molecule has 0 aliphatic carbocycles. The zero-order valence-electron chi connectivity index (χ0n) is 22.4. The van der Waals surface area contributed by atoms with Gasteiger partial charge in [-0.1, -0.05) is 104 Å². The molecule has 0 aromatic heterocycles. The molecule has 36 heavy (non-hydrogen) atoms. The van der Waals surface area contributed by atoms with Crippen LogP contribution < -0.4 is 0 Å². The molecule has 0 unspecified atom stereocenters. The zero-order valence-corrected chi connectivity index (χ0v) is 22.4. The van der Waals surface area contributed by atoms with E-state index in [9.17, 15) is 19.2 Å². The topological polar surface area (TPSA) is 127 Å². The molecule has 0 atom stereocenters. The van der Waals surface area contributed by atoms with E-state index >= 15 is 0 Å². The molecule has 0 aromatic carbocycles. The molecule has 0 aliphatic heterocycles. The molecule has 0 rings (SSSR count). The lowest BCUT2D eigenvalue weighted by molar-refractivity contribution is -0.139. The Labute approximate surface area is 217 Å². The monoisotopic (exact) mass is 512 g/mol. The van der Waals surface area contributed by atoms with Gasteiger partial charge < -0.3 is 19.7 Å². The lowest BCUT2D eigenvalue weighted by atomic mass is 10.1. The van der Waals surface area contributed by atoms with Crippen LogP contribution in [0.5, 0.6) is 0 Å². The molecule has 0 fully saturated rings. The van der Waals surface area contributed by atoms with Crippen molar-refractivity contribution in [1.82, 2.24) is 0 Å². The third-order valence-electron chi connectivity index (χ3n) is 5.21. The van der Waals surface area contributed by atoms with Gasteiger partial charge in [-0.05, 0) is 12.8 Å². The van der Waals surface area contributed by atoms with Crippen molar-refractivity contribution in [3.63, 3.8) is 0 Å². The van der Waals surface area contributed by atoms with Crippen LogP contribution in [0.25, 0.3) is 0 Å². The van der Waals surface area contributed by atoms with Gasteiger partial charge in [0.25, 0.3) is 0 Å². The average Bonchev–Trinajstić information content (AvgIpc) is 2.84. The van der Waals surface area contributed by atoms with Gasteiger partial charge in [-0.15, -0.1) is 0 Å². The minimum Gasteiger partial charge on any atom is -0.478 e. The highest BCUT2D eigenvalue weighted by atomic mass is 16.5. The number of unbranched alkanes of at least 4 members (excludes halogenated alkanes) is 14. The van der Waals surface area contributed by atoms with Crippen molar-refractivity contribution in [2.45, 2.75) is 117 Å². The zero-order chi connectivity index (χ0) is 27.3. The van der Waals surface area contributed by atoms with Crippen molar-refractivity contribution in [2.24, 2.45) is 0 Å². The van der Waals surface area contributed by atoms with E-state index in [0.29, 0.717) is 13.2 Å². The molecule has 208 valence electrons. The number of ether oxygens (including phenoxy) is 2. The Morgan fingerprint density at radius 3 is 1.03 bits per heavy atom. The fraction of sp³-hybridized carbons (Fsp3) is 0.714. The summed E-state index contributed by atoms with van der Waals surface area (Å²) in [6, 6.07) is 0.